The maximum absolute atomic E-state index is 14.3. The van der Waals surface area contributed by atoms with Crippen LogP contribution in [0.3, 0.4) is 0 Å². The maximum atomic E-state index is 14.3. The Hall–Kier alpha value is -0.850. The van der Waals surface area contributed by atoms with Gasteiger partial charge in [0.25, 0.3) is 0 Å². The highest BCUT2D eigenvalue weighted by Crippen LogP contribution is 2.44. The second-order valence-corrected chi connectivity index (χ2v) is 6.88. The van der Waals surface area contributed by atoms with Gasteiger partial charge in [-0.1, -0.05) is 41.5 Å². The summed E-state index contributed by atoms with van der Waals surface area (Å²) in [5.41, 5.74) is 5.02. The van der Waals surface area contributed by atoms with Crippen molar-refractivity contribution in [3.8, 4) is 0 Å². The van der Waals surface area contributed by atoms with Crippen molar-refractivity contribution in [1.29, 1.82) is 0 Å². The van der Waals surface area contributed by atoms with Crippen molar-refractivity contribution >= 4 is 0 Å². The molecule has 2 rings (SSSR count). The summed E-state index contributed by atoms with van der Waals surface area (Å²) in [4.78, 5) is 0. The molecule has 0 saturated carbocycles. The molecule has 0 saturated heterocycles. The van der Waals surface area contributed by atoms with Gasteiger partial charge in [-0.25, -0.2) is 4.39 Å². The lowest BCUT2D eigenvalue weighted by Crippen LogP contribution is -2.12. The lowest BCUT2D eigenvalue weighted by molar-refractivity contribution is 0.519. The highest BCUT2D eigenvalue weighted by Gasteiger charge is 2.30. The fraction of sp³-hybridized carbons (Fsp3) is 0.667. The molecule has 1 aromatic rings. The minimum atomic E-state index is 0.0303. The van der Waals surface area contributed by atoms with Gasteiger partial charge in [0.05, 0.1) is 0 Å². The van der Waals surface area contributed by atoms with Crippen molar-refractivity contribution in [2.75, 3.05) is 0 Å². The largest absolute Gasteiger partial charge is 0.207 e. The zero-order valence-electron chi connectivity index (χ0n) is 13.2. The molecule has 0 nitrogen and oxygen atoms in total. The fourth-order valence-corrected chi connectivity index (χ4v) is 3.39. The van der Waals surface area contributed by atoms with Crippen LogP contribution in [0, 0.1) is 11.7 Å². The van der Waals surface area contributed by atoms with Crippen molar-refractivity contribution in [3.05, 3.63) is 34.1 Å². The third kappa shape index (κ3) is 2.44. The minimum Gasteiger partial charge on any atom is -0.207 e. The number of rotatable bonds is 3. The van der Waals surface area contributed by atoms with Crippen LogP contribution in [0.1, 0.15) is 88.0 Å². The van der Waals surface area contributed by atoms with E-state index in [9.17, 15) is 4.39 Å². The average molecular weight is 262 g/mol. The molecular formula is C18H27F. The molecule has 0 bridgehead atoms. The highest BCUT2D eigenvalue weighted by atomic mass is 19.1. The van der Waals surface area contributed by atoms with Gasteiger partial charge in [-0.3, -0.25) is 0 Å². The molecule has 0 fully saturated rings. The first-order valence-corrected chi connectivity index (χ1v) is 7.69. The number of halogens is 1. The number of hydrogen-bond donors (Lipinski definition) is 0. The molecule has 2 atom stereocenters. The Morgan fingerprint density at radius 3 is 2.32 bits per heavy atom. The van der Waals surface area contributed by atoms with E-state index in [0.29, 0.717) is 23.7 Å². The molecule has 0 aromatic heterocycles. The number of hydrogen-bond acceptors (Lipinski definition) is 0. The molecule has 0 amide bonds. The van der Waals surface area contributed by atoms with Gasteiger partial charge in [0.2, 0.25) is 0 Å². The smallest absolute Gasteiger partial charge is 0.126 e. The lowest BCUT2D eigenvalue weighted by atomic mass is 9.78. The first-order valence-electron chi connectivity index (χ1n) is 7.69. The molecule has 0 spiro atoms. The van der Waals surface area contributed by atoms with Crippen molar-refractivity contribution in [2.24, 2.45) is 5.92 Å². The summed E-state index contributed by atoms with van der Waals surface area (Å²) in [6.07, 6.45) is 2.02. The Bertz CT molecular complexity index is 471. The van der Waals surface area contributed by atoms with Crippen LogP contribution in [0.4, 0.5) is 4.39 Å². The van der Waals surface area contributed by atoms with E-state index >= 15 is 0 Å². The van der Waals surface area contributed by atoms with E-state index < -0.39 is 0 Å². The van der Waals surface area contributed by atoms with Gasteiger partial charge in [-0.2, -0.15) is 0 Å². The Labute approximate surface area is 117 Å². The summed E-state index contributed by atoms with van der Waals surface area (Å²) in [6.45, 7) is 13.4. The van der Waals surface area contributed by atoms with Crippen LogP contribution < -0.4 is 0 Å². The van der Waals surface area contributed by atoms with Gasteiger partial charge in [0.1, 0.15) is 5.82 Å². The summed E-state index contributed by atoms with van der Waals surface area (Å²) in [6, 6.07) is 1.82. The summed E-state index contributed by atoms with van der Waals surface area (Å²) in [5, 5.41) is 0. The fourth-order valence-electron chi connectivity index (χ4n) is 3.39. The van der Waals surface area contributed by atoms with Crippen LogP contribution in [0.5, 0.6) is 0 Å². The highest BCUT2D eigenvalue weighted by molar-refractivity contribution is 5.49. The maximum Gasteiger partial charge on any atom is 0.126 e. The summed E-state index contributed by atoms with van der Waals surface area (Å²) in [5.74, 6) is 2.04. The van der Waals surface area contributed by atoms with Crippen molar-refractivity contribution in [2.45, 2.75) is 72.1 Å². The van der Waals surface area contributed by atoms with Gasteiger partial charge < -0.3 is 0 Å². The van der Waals surface area contributed by atoms with E-state index in [4.69, 9.17) is 0 Å². The van der Waals surface area contributed by atoms with E-state index in [1.165, 1.54) is 16.7 Å². The number of benzene rings is 1. The van der Waals surface area contributed by atoms with E-state index in [0.717, 1.165) is 18.4 Å². The standard InChI is InChI=1S/C18H27F/c1-10(2)13(6)18-15(11(3)4)9-16(19)14-8-7-12(5)17(14)18/h9-13H,7-8H2,1-6H3. The van der Waals surface area contributed by atoms with Crippen LogP contribution in [0.15, 0.2) is 6.07 Å². The first-order chi connectivity index (χ1) is 8.84. The molecular weight excluding hydrogens is 235 g/mol. The van der Waals surface area contributed by atoms with Crippen LogP contribution in [0.25, 0.3) is 0 Å². The van der Waals surface area contributed by atoms with Gasteiger partial charge in [-0.05, 0) is 64.8 Å². The third-order valence-corrected chi connectivity index (χ3v) is 4.89. The second-order valence-electron chi connectivity index (χ2n) is 6.88. The van der Waals surface area contributed by atoms with Crippen LogP contribution in [0.2, 0.25) is 0 Å². The summed E-state index contributed by atoms with van der Waals surface area (Å²) < 4.78 is 14.3. The van der Waals surface area contributed by atoms with Gasteiger partial charge >= 0.3 is 0 Å². The van der Waals surface area contributed by atoms with Crippen LogP contribution in [-0.4, -0.2) is 0 Å². The molecule has 2 unspecified atom stereocenters. The molecule has 0 radical (unpaired) electrons. The van der Waals surface area contributed by atoms with Gasteiger partial charge in [-0.15, -0.1) is 0 Å². The third-order valence-electron chi connectivity index (χ3n) is 4.89. The summed E-state index contributed by atoms with van der Waals surface area (Å²) in [7, 11) is 0. The topological polar surface area (TPSA) is 0 Å². The van der Waals surface area contributed by atoms with Gasteiger partial charge in [0.15, 0.2) is 0 Å². The molecule has 1 heteroatoms. The SMILES string of the molecule is CC(C)c1cc(F)c2c(c1C(C)C(C)C)C(C)CC2. The first kappa shape index (κ1) is 14.6. The van der Waals surface area contributed by atoms with Crippen molar-refractivity contribution in [1.82, 2.24) is 0 Å². The van der Waals surface area contributed by atoms with Gasteiger partial charge in [0, 0.05) is 0 Å². The lowest BCUT2D eigenvalue weighted by Gasteiger charge is -2.27. The number of fused-ring (bicyclic) bond motifs is 1. The van der Waals surface area contributed by atoms with E-state index in [2.05, 4.69) is 41.5 Å². The quantitative estimate of drug-likeness (QED) is 0.649. The molecule has 0 N–H and O–H groups in total. The summed E-state index contributed by atoms with van der Waals surface area (Å²) >= 11 is 0. The molecule has 106 valence electrons. The molecule has 0 heterocycles. The zero-order valence-corrected chi connectivity index (χ0v) is 13.2. The van der Waals surface area contributed by atoms with E-state index in [1.807, 2.05) is 6.07 Å². The van der Waals surface area contributed by atoms with Crippen molar-refractivity contribution < 1.29 is 4.39 Å². The van der Waals surface area contributed by atoms with E-state index in [1.54, 1.807) is 0 Å². The molecule has 1 aromatic carbocycles. The molecule has 0 aliphatic heterocycles. The zero-order chi connectivity index (χ0) is 14.3. The monoisotopic (exact) mass is 262 g/mol. The Kier molecular flexibility index (Phi) is 4.03. The van der Waals surface area contributed by atoms with Crippen molar-refractivity contribution in [3.63, 3.8) is 0 Å². The molecule has 19 heavy (non-hydrogen) atoms. The Morgan fingerprint density at radius 1 is 1.16 bits per heavy atom. The Balaban J connectivity index is 2.70. The Morgan fingerprint density at radius 2 is 1.79 bits per heavy atom. The van der Waals surface area contributed by atoms with Crippen LogP contribution in [-0.2, 0) is 6.42 Å². The minimum absolute atomic E-state index is 0.0303. The van der Waals surface area contributed by atoms with E-state index in [-0.39, 0.29) is 5.82 Å². The molecule has 1 aliphatic carbocycles. The molecule has 1 aliphatic rings. The second kappa shape index (κ2) is 5.26. The predicted octanol–water partition coefficient (Wildman–Crippen LogP) is 5.76. The normalized spacial score (nSPS) is 20.2. The van der Waals surface area contributed by atoms with Crippen LogP contribution >= 0.6 is 0 Å². The predicted molar refractivity (Wildman–Crippen MR) is 80.5 cm³/mol. The average Bonchev–Trinajstić information content (AvgIpc) is 2.71.